The minimum Gasteiger partial charge on any atom is -0.354 e. The molecule has 0 fully saturated rings. The highest BCUT2D eigenvalue weighted by Gasteiger charge is 1.99. The number of rotatable bonds is 2. The number of anilines is 2. The van der Waals surface area contributed by atoms with Crippen molar-refractivity contribution in [2.24, 2.45) is 0 Å². The molecule has 3 nitrogen and oxygen atoms in total. The molecule has 1 aromatic carbocycles. The van der Waals surface area contributed by atoms with Crippen LogP contribution in [0, 0.1) is 25.2 Å². The van der Waals surface area contributed by atoms with Crippen LogP contribution in [0.15, 0.2) is 36.5 Å². The summed E-state index contributed by atoms with van der Waals surface area (Å²) < 4.78 is 0. The van der Waals surface area contributed by atoms with Crippen molar-refractivity contribution in [2.45, 2.75) is 13.8 Å². The first-order valence-corrected chi connectivity index (χ1v) is 5.39. The average Bonchev–Trinajstić information content (AvgIpc) is 2.32. The third-order valence-corrected chi connectivity index (χ3v) is 2.55. The molecule has 0 aliphatic heterocycles. The Kier molecular flexibility index (Phi) is 3.06. The maximum absolute atomic E-state index is 8.85. The Morgan fingerprint density at radius 2 is 1.88 bits per heavy atom. The van der Waals surface area contributed by atoms with Gasteiger partial charge in [0.1, 0.15) is 0 Å². The summed E-state index contributed by atoms with van der Waals surface area (Å²) in [6.45, 7) is 3.88. The molecule has 0 unspecified atom stereocenters. The van der Waals surface area contributed by atoms with Crippen molar-refractivity contribution in [1.29, 1.82) is 5.26 Å². The topological polar surface area (TPSA) is 48.7 Å². The number of hydrogen-bond acceptors (Lipinski definition) is 3. The monoisotopic (exact) mass is 223 g/mol. The summed E-state index contributed by atoms with van der Waals surface area (Å²) in [5, 5.41) is 12.1. The number of aromatic nitrogens is 1. The molecule has 2 aromatic rings. The fraction of sp³-hybridized carbons (Fsp3) is 0.143. The molecule has 0 aliphatic carbocycles. The molecule has 3 heteroatoms. The number of benzene rings is 1. The fourth-order valence-corrected chi connectivity index (χ4v) is 1.58. The second-order valence-corrected chi connectivity index (χ2v) is 3.95. The van der Waals surface area contributed by atoms with Crippen molar-refractivity contribution in [1.82, 2.24) is 4.98 Å². The molecule has 1 aromatic heterocycles. The molecule has 0 radical (unpaired) electrons. The van der Waals surface area contributed by atoms with Gasteiger partial charge in [0.2, 0.25) is 0 Å². The lowest BCUT2D eigenvalue weighted by molar-refractivity contribution is 1.20. The van der Waals surface area contributed by atoms with Crippen LogP contribution in [0.5, 0.6) is 0 Å². The molecule has 0 bridgehead atoms. The number of nitrogens with one attached hydrogen (secondary N) is 1. The Morgan fingerprint density at radius 3 is 2.47 bits per heavy atom. The van der Waals surface area contributed by atoms with Gasteiger partial charge in [-0.2, -0.15) is 5.26 Å². The Hall–Kier alpha value is -2.34. The number of aryl methyl sites for hydroxylation is 2. The zero-order valence-electron chi connectivity index (χ0n) is 9.86. The zero-order valence-corrected chi connectivity index (χ0v) is 9.86. The Labute approximate surface area is 101 Å². The minimum atomic E-state index is 0.706. The fourth-order valence-electron chi connectivity index (χ4n) is 1.58. The lowest BCUT2D eigenvalue weighted by Crippen LogP contribution is -1.93. The third-order valence-electron chi connectivity index (χ3n) is 2.55. The van der Waals surface area contributed by atoms with Crippen molar-refractivity contribution < 1.29 is 0 Å². The summed E-state index contributed by atoms with van der Waals surface area (Å²) in [6, 6.07) is 11.8. The van der Waals surface area contributed by atoms with Crippen LogP contribution in [-0.2, 0) is 0 Å². The van der Waals surface area contributed by atoms with Crippen LogP contribution in [0.1, 0.15) is 16.8 Å². The number of nitriles is 1. The van der Waals surface area contributed by atoms with E-state index in [2.05, 4.69) is 16.4 Å². The predicted molar refractivity (Wildman–Crippen MR) is 68.2 cm³/mol. The van der Waals surface area contributed by atoms with Gasteiger partial charge in [-0.3, -0.25) is 4.98 Å². The Bertz CT molecular complexity index is 565. The largest absolute Gasteiger partial charge is 0.354 e. The molecule has 17 heavy (non-hydrogen) atoms. The lowest BCUT2D eigenvalue weighted by Gasteiger charge is -2.07. The molecular weight excluding hydrogens is 210 g/mol. The van der Waals surface area contributed by atoms with Crippen LogP contribution in [0.25, 0.3) is 0 Å². The van der Waals surface area contributed by atoms with Crippen LogP contribution in [-0.4, -0.2) is 4.98 Å². The predicted octanol–water partition coefficient (Wildman–Crippen LogP) is 3.31. The summed E-state index contributed by atoms with van der Waals surface area (Å²) in [5.74, 6) is 0. The average molecular weight is 223 g/mol. The van der Waals surface area contributed by atoms with Gasteiger partial charge in [0.15, 0.2) is 0 Å². The summed E-state index contributed by atoms with van der Waals surface area (Å²) in [7, 11) is 0. The summed E-state index contributed by atoms with van der Waals surface area (Å²) in [6.07, 6.45) is 1.79. The van der Waals surface area contributed by atoms with E-state index < -0.39 is 0 Å². The van der Waals surface area contributed by atoms with Gasteiger partial charge in [-0.25, -0.2) is 0 Å². The first-order valence-electron chi connectivity index (χ1n) is 5.39. The quantitative estimate of drug-likeness (QED) is 0.849. The smallest absolute Gasteiger partial charge is 0.0994 e. The van der Waals surface area contributed by atoms with E-state index in [4.69, 9.17) is 5.26 Å². The van der Waals surface area contributed by atoms with Crippen LogP contribution in [0.4, 0.5) is 11.4 Å². The standard InChI is InChI=1S/C14H13N3/c1-10-7-13(6-4-12(10)8-15)17-14-5-3-11(2)16-9-14/h3-7,9,17H,1-2H3. The van der Waals surface area contributed by atoms with Gasteiger partial charge in [-0.15, -0.1) is 0 Å². The normalized spacial score (nSPS) is 9.71. The maximum atomic E-state index is 8.85. The van der Waals surface area contributed by atoms with Crippen LogP contribution in [0.2, 0.25) is 0 Å². The molecule has 1 heterocycles. The highest BCUT2D eigenvalue weighted by Crippen LogP contribution is 2.19. The Balaban J connectivity index is 2.22. The molecule has 0 saturated heterocycles. The van der Waals surface area contributed by atoms with Crippen LogP contribution in [0.3, 0.4) is 0 Å². The van der Waals surface area contributed by atoms with Crippen molar-refractivity contribution in [3.63, 3.8) is 0 Å². The third kappa shape index (κ3) is 2.61. The van der Waals surface area contributed by atoms with Crippen molar-refractivity contribution in [3.05, 3.63) is 53.3 Å². The van der Waals surface area contributed by atoms with Gasteiger partial charge in [0, 0.05) is 11.4 Å². The lowest BCUT2D eigenvalue weighted by atomic mass is 10.1. The highest BCUT2D eigenvalue weighted by molar-refractivity contribution is 5.61. The number of hydrogen-bond donors (Lipinski definition) is 1. The molecule has 1 N–H and O–H groups in total. The van der Waals surface area contributed by atoms with E-state index in [9.17, 15) is 0 Å². The van der Waals surface area contributed by atoms with Gasteiger partial charge in [0.25, 0.3) is 0 Å². The molecule has 84 valence electrons. The van der Waals surface area contributed by atoms with Crippen molar-refractivity contribution >= 4 is 11.4 Å². The first-order chi connectivity index (χ1) is 8.19. The minimum absolute atomic E-state index is 0.706. The van der Waals surface area contributed by atoms with Crippen LogP contribution < -0.4 is 5.32 Å². The molecule has 0 spiro atoms. The van der Waals surface area contributed by atoms with Crippen LogP contribution >= 0.6 is 0 Å². The van der Waals surface area contributed by atoms with Gasteiger partial charge in [-0.1, -0.05) is 0 Å². The van der Waals surface area contributed by atoms with Crippen molar-refractivity contribution in [2.75, 3.05) is 5.32 Å². The van der Waals surface area contributed by atoms with Crippen molar-refractivity contribution in [3.8, 4) is 6.07 Å². The van der Waals surface area contributed by atoms with E-state index in [-0.39, 0.29) is 0 Å². The molecule has 0 saturated carbocycles. The van der Waals surface area contributed by atoms with E-state index in [0.717, 1.165) is 22.6 Å². The molecular formula is C14H13N3. The maximum Gasteiger partial charge on any atom is 0.0994 e. The van der Waals surface area contributed by atoms with E-state index in [1.807, 2.05) is 44.2 Å². The molecule has 0 amide bonds. The van der Waals surface area contributed by atoms with E-state index in [0.29, 0.717) is 5.56 Å². The van der Waals surface area contributed by atoms with E-state index in [1.165, 1.54) is 0 Å². The summed E-state index contributed by atoms with van der Waals surface area (Å²) >= 11 is 0. The van der Waals surface area contributed by atoms with Gasteiger partial charge in [0.05, 0.1) is 23.5 Å². The second-order valence-electron chi connectivity index (χ2n) is 3.95. The second kappa shape index (κ2) is 4.67. The molecule has 0 atom stereocenters. The number of nitrogens with zero attached hydrogens (tertiary/aromatic N) is 2. The molecule has 2 rings (SSSR count). The summed E-state index contributed by atoms with van der Waals surface area (Å²) in [4.78, 5) is 4.22. The Morgan fingerprint density at radius 1 is 1.12 bits per heavy atom. The number of pyridine rings is 1. The summed E-state index contributed by atoms with van der Waals surface area (Å²) in [5.41, 5.74) is 4.58. The first kappa shape index (κ1) is 11.2. The highest BCUT2D eigenvalue weighted by atomic mass is 14.9. The van der Waals surface area contributed by atoms with Gasteiger partial charge >= 0.3 is 0 Å². The van der Waals surface area contributed by atoms with Gasteiger partial charge in [-0.05, 0) is 49.7 Å². The van der Waals surface area contributed by atoms with E-state index in [1.54, 1.807) is 6.20 Å². The SMILES string of the molecule is Cc1ccc(Nc2ccc(C#N)c(C)c2)cn1. The van der Waals surface area contributed by atoms with Gasteiger partial charge < -0.3 is 5.32 Å². The zero-order chi connectivity index (χ0) is 12.3. The van der Waals surface area contributed by atoms with E-state index >= 15 is 0 Å². The molecule has 0 aliphatic rings.